The molecule has 2 heterocycles. The lowest BCUT2D eigenvalue weighted by atomic mass is 10.1. The Morgan fingerprint density at radius 1 is 1.18 bits per heavy atom. The summed E-state index contributed by atoms with van der Waals surface area (Å²) in [6.45, 7) is 2.82. The molecule has 174 valence electrons. The topological polar surface area (TPSA) is 99.7 Å². The van der Waals surface area contributed by atoms with E-state index in [1.54, 1.807) is 56.4 Å². The Morgan fingerprint density at radius 3 is 2.61 bits per heavy atom. The Bertz CT molecular complexity index is 1180. The van der Waals surface area contributed by atoms with E-state index in [0.717, 1.165) is 0 Å². The van der Waals surface area contributed by atoms with Crippen LogP contribution in [0.2, 0.25) is 0 Å². The number of fused-ring (bicyclic) bond motifs is 1. The minimum absolute atomic E-state index is 0.0379. The number of aromatic nitrogens is 1. The second kappa shape index (κ2) is 9.40. The quantitative estimate of drug-likeness (QED) is 0.384. The number of piperidine rings is 1. The molecule has 0 aliphatic carbocycles. The van der Waals surface area contributed by atoms with Crippen LogP contribution in [-0.4, -0.2) is 55.0 Å². The number of hydrogen-bond donors (Lipinski definition) is 3. The third-order valence-electron chi connectivity index (χ3n) is 5.84. The molecule has 9 heteroatoms. The summed E-state index contributed by atoms with van der Waals surface area (Å²) < 4.78 is 32.1. The van der Waals surface area contributed by atoms with Crippen LogP contribution in [0.4, 0.5) is 10.1 Å². The van der Waals surface area contributed by atoms with Crippen molar-refractivity contribution in [3.63, 3.8) is 0 Å². The first kappa shape index (κ1) is 22.4. The minimum Gasteiger partial charge on any atom is -0.493 e. The molecule has 1 saturated heterocycles. The van der Waals surface area contributed by atoms with Crippen molar-refractivity contribution in [1.29, 1.82) is 5.41 Å². The Morgan fingerprint density at radius 2 is 1.94 bits per heavy atom. The molecule has 1 fully saturated rings. The number of likely N-dealkylation sites (tertiary alicyclic amines) is 1. The van der Waals surface area contributed by atoms with E-state index in [1.165, 1.54) is 6.07 Å². The zero-order chi connectivity index (χ0) is 23.5. The number of nitrogens with zero attached hydrogens (tertiary/aromatic N) is 1. The van der Waals surface area contributed by atoms with Gasteiger partial charge in [-0.05, 0) is 24.3 Å². The van der Waals surface area contributed by atoms with Crippen molar-refractivity contribution in [2.24, 2.45) is 0 Å². The molecule has 1 aliphatic rings. The largest absolute Gasteiger partial charge is 0.493 e. The lowest BCUT2D eigenvalue weighted by molar-refractivity contribution is -0.130. The highest BCUT2D eigenvalue weighted by molar-refractivity contribution is 6.00. The van der Waals surface area contributed by atoms with E-state index in [1.807, 2.05) is 0 Å². The molecule has 0 bridgehead atoms. The van der Waals surface area contributed by atoms with Crippen LogP contribution < -0.4 is 19.5 Å². The first-order valence-corrected chi connectivity index (χ1v) is 10.8. The smallest absolute Gasteiger partial charge is 0.221 e. The summed E-state index contributed by atoms with van der Waals surface area (Å²) in [5, 5.41) is 11.9. The number of carbonyl (C=O) groups is 1. The number of amides is 1. The van der Waals surface area contributed by atoms with Crippen molar-refractivity contribution in [2.45, 2.75) is 25.9 Å². The molecule has 8 nitrogen and oxygen atoms in total. The second-order valence-corrected chi connectivity index (χ2v) is 7.87. The van der Waals surface area contributed by atoms with Crippen LogP contribution in [0.5, 0.6) is 17.2 Å². The Labute approximate surface area is 191 Å². The van der Waals surface area contributed by atoms with Crippen LogP contribution in [0.3, 0.4) is 0 Å². The van der Waals surface area contributed by atoms with Crippen molar-refractivity contribution >= 4 is 28.4 Å². The summed E-state index contributed by atoms with van der Waals surface area (Å²) in [6.07, 6.45) is 2.95. The molecular weight excluding hydrogens is 427 g/mol. The number of rotatable bonds is 6. The molecule has 1 aliphatic heterocycles. The lowest BCUT2D eigenvalue weighted by Gasteiger charge is -2.32. The van der Waals surface area contributed by atoms with Crippen molar-refractivity contribution < 1.29 is 23.4 Å². The van der Waals surface area contributed by atoms with Crippen LogP contribution >= 0.6 is 0 Å². The molecule has 3 aromatic rings. The normalized spacial score (nSPS) is 14.2. The Kier molecular flexibility index (Phi) is 6.39. The third kappa shape index (κ3) is 4.57. The molecule has 0 radical (unpaired) electrons. The zero-order valence-corrected chi connectivity index (χ0v) is 18.8. The van der Waals surface area contributed by atoms with Gasteiger partial charge in [-0.2, -0.15) is 0 Å². The van der Waals surface area contributed by atoms with Crippen molar-refractivity contribution in [1.82, 2.24) is 9.88 Å². The number of carbonyl (C=O) groups excluding carboxylic acids is 1. The van der Waals surface area contributed by atoms with E-state index in [4.69, 9.17) is 19.6 Å². The fourth-order valence-electron chi connectivity index (χ4n) is 3.99. The number of halogens is 1. The molecule has 0 unspecified atom stereocenters. The van der Waals surface area contributed by atoms with Crippen molar-refractivity contribution in [3.05, 3.63) is 47.9 Å². The van der Waals surface area contributed by atoms with Gasteiger partial charge in [0.25, 0.3) is 0 Å². The van der Waals surface area contributed by atoms with Gasteiger partial charge in [-0.15, -0.1) is 0 Å². The summed E-state index contributed by atoms with van der Waals surface area (Å²) in [5.41, 5.74) is 1.64. The average molecular weight is 455 g/mol. The highest BCUT2D eigenvalue weighted by atomic mass is 19.1. The fraction of sp³-hybridized carbons (Fsp3) is 0.333. The number of H-pyrrole nitrogens is 1. The number of hydrogen-bond acceptors (Lipinski definition) is 6. The number of nitrogens with one attached hydrogen (secondary N) is 3. The molecule has 4 rings (SSSR count). The second-order valence-electron chi connectivity index (χ2n) is 7.87. The van der Waals surface area contributed by atoms with Gasteiger partial charge in [0, 0.05) is 63.1 Å². The zero-order valence-electron chi connectivity index (χ0n) is 18.8. The first-order valence-electron chi connectivity index (χ1n) is 10.8. The third-order valence-corrected chi connectivity index (χ3v) is 5.84. The van der Waals surface area contributed by atoms with Crippen LogP contribution in [0, 0.1) is 11.2 Å². The number of aromatic amines is 1. The summed E-state index contributed by atoms with van der Waals surface area (Å²) in [7, 11) is 3.26. The summed E-state index contributed by atoms with van der Waals surface area (Å²) in [6, 6.07) is 8.20. The van der Waals surface area contributed by atoms with Gasteiger partial charge in [0.1, 0.15) is 6.10 Å². The molecule has 1 amide bonds. The van der Waals surface area contributed by atoms with Crippen LogP contribution in [-0.2, 0) is 4.79 Å². The predicted octanol–water partition coefficient (Wildman–Crippen LogP) is 4.15. The van der Waals surface area contributed by atoms with Gasteiger partial charge in [0.2, 0.25) is 11.8 Å². The first-order chi connectivity index (χ1) is 15.9. The minimum atomic E-state index is -0.535. The van der Waals surface area contributed by atoms with Gasteiger partial charge in [-0.25, -0.2) is 4.39 Å². The van der Waals surface area contributed by atoms with E-state index in [-0.39, 0.29) is 23.7 Å². The summed E-state index contributed by atoms with van der Waals surface area (Å²) >= 11 is 0. The van der Waals surface area contributed by atoms with Gasteiger partial charge < -0.3 is 29.4 Å². The highest BCUT2D eigenvalue weighted by Crippen LogP contribution is 2.36. The molecular formula is C24H27FN4O4. The van der Waals surface area contributed by atoms with Crippen molar-refractivity contribution in [3.8, 4) is 17.2 Å². The number of ether oxygens (including phenoxy) is 3. The van der Waals surface area contributed by atoms with E-state index < -0.39 is 5.82 Å². The van der Waals surface area contributed by atoms with Crippen LogP contribution in [0.1, 0.15) is 25.3 Å². The maximum absolute atomic E-state index is 14.8. The van der Waals surface area contributed by atoms with Gasteiger partial charge in [0.15, 0.2) is 23.1 Å². The van der Waals surface area contributed by atoms with Gasteiger partial charge in [0.05, 0.1) is 18.4 Å². The number of anilines is 1. The van der Waals surface area contributed by atoms with Gasteiger partial charge in [-0.1, -0.05) is 0 Å². The number of methoxy groups -OCH3 is 1. The molecule has 2 aromatic carbocycles. The molecule has 0 atom stereocenters. The summed E-state index contributed by atoms with van der Waals surface area (Å²) in [5.74, 6) is 0.220. The van der Waals surface area contributed by atoms with Crippen molar-refractivity contribution in [2.75, 3.05) is 32.6 Å². The molecule has 33 heavy (non-hydrogen) atoms. The SMILES string of the molecule is CNc1cc(OC)c(OC2CCN(C(C)=O)CC2)cc1C(=N)Oc1ccc2[nH]ccc2c1F. The lowest BCUT2D eigenvalue weighted by Crippen LogP contribution is -2.40. The highest BCUT2D eigenvalue weighted by Gasteiger charge is 2.24. The Balaban J connectivity index is 1.58. The Hall–Kier alpha value is -3.75. The van der Waals surface area contributed by atoms with E-state index in [9.17, 15) is 9.18 Å². The molecule has 0 spiro atoms. The molecule has 0 saturated carbocycles. The number of benzene rings is 2. The van der Waals surface area contributed by atoms with E-state index >= 15 is 0 Å². The van der Waals surface area contributed by atoms with E-state index in [2.05, 4.69) is 10.3 Å². The maximum Gasteiger partial charge on any atom is 0.221 e. The van der Waals surface area contributed by atoms with Crippen LogP contribution in [0.15, 0.2) is 36.5 Å². The van der Waals surface area contributed by atoms with E-state index in [0.29, 0.717) is 59.6 Å². The fourth-order valence-corrected chi connectivity index (χ4v) is 3.99. The monoisotopic (exact) mass is 454 g/mol. The molecule has 1 aromatic heterocycles. The van der Waals surface area contributed by atoms with Crippen LogP contribution in [0.25, 0.3) is 10.9 Å². The van der Waals surface area contributed by atoms with Gasteiger partial charge in [-0.3, -0.25) is 10.2 Å². The summed E-state index contributed by atoms with van der Waals surface area (Å²) in [4.78, 5) is 16.3. The average Bonchev–Trinajstić information content (AvgIpc) is 3.30. The maximum atomic E-state index is 14.8. The predicted molar refractivity (Wildman–Crippen MR) is 124 cm³/mol. The standard InChI is InChI=1S/C24H27FN4O4/c1-14(30)29-10-7-15(8-11-29)32-22-12-17(19(27-2)13-21(22)31-3)24(26)33-20-5-4-18-16(23(20)25)6-9-28-18/h4-6,9,12-13,15,26-28H,7-8,10-11H2,1-3H3. The molecule has 3 N–H and O–H groups in total. The van der Waals surface area contributed by atoms with Gasteiger partial charge >= 0.3 is 0 Å².